The number of aromatic nitrogens is 4. The van der Waals surface area contributed by atoms with Crippen LogP contribution in [0.1, 0.15) is 18.7 Å². The first-order valence-electron chi connectivity index (χ1n) is 7.93. The average molecular weight is 364 g/mol. The smallest absolute Gasteiger partial charge is 0.228 e. The summed E-state index contributed by atoms with van der Waals surface area (Å²) in [6.07, 6.45) is 7.02. The zero-order chi connectivity index (χ0) is 18.0. The second kappa shape index (κ2) is 6.89. The lowest BCUT2D eigenvalue weighted by Gasteiger charge is -2.29. The Morgan fingerprint density at radius 2 is 1.96 bits per heavy atom. The third kappa shape index (κ3) is 4.02. The van der Waals surface area contributed by atoms with Gasteiger partial charge in [-0.2, -0.15) is 0 Å². The van der Waals surface area contributed by atoms with Crippen molar-refractivity contribution in [3.05, 3.63) is 30.6 Å². The maximum atomic E-state index is 12.4. The van der Waals surface area contributed by atoms with Gasteiger partial charge in [0, 0.05) is 37.5 Å². The monoisotopic (exact) mass is 364 g/mol. The summed E-state index contributed by atoms with van der Waals surface area (Å²) < 4.78 is 26.3. The van der Waals surface area contributed by atoms with E-state index in [0.717, 1.165) is 5.82 Å². The number of carbonyl (C=O) groups excluding carboxylic acids is 1. The SMILES string of the molecule is Cc1nccn1-c1cc(NC(=O)C2CCN(S(C)(=O)=O)CC2)ncn1. The number of aryl methyl sites for hydroxylation is 1. The molecule has 0 atom stereocenters. The van der Waals surface area contributed by atoms with Crippen LogP contribution in [-0.2, 0) is 14.8 Å². The van der Waals surface area contributed by atoms with Crippen LogP contribution in [0.3, 0.4) is 0 Å². The van der Waals surface area contributed by atoms with Crippen LogP contribution in [0.25, 0.3) is 5.82 Å². The summed E-state index contributed by atoms with van der Waals surface area (Å²) in [5, 5.41) is 2.80. The fraction of sp³-hybridized carbons (Fsp3) is 0.467. The molecule has 0 aromatic carbocycles. The van der Waals surface area contributed by atoms with E-state index in [1.165, 1.54) is 16.9 Å². The predicted molar refractivity (Wildman–Crippen MR) is 91.7 cm³/mol. The number of carbonyl (C=O) groups is 1. The largest absolute Gasteiger partial charge is 0.310 e. The van der Waals surface area contributed by atoms with Crippen molar-refractivity contribution in [2.45, 2.75) is 19.8 Å². The standard InChI is InChI=1S/C15H20N6O3S/c1-11-16-5-8-21(11)14-9-13(17-10-18-14)19-15(22)12-3-6-20(7-4-12)25(2,23)24/h5,8-10,12H,3-4,6-7H2,1-2H3,(H,17,18,19,22). The quantitative estimate of drug-likeness (QED) is 0.850. The van der Waals surface area contributed by atoms with Crippen molar-refractivity contribution < 1.29 is 13.2 Å². The summed E-state index contributed by atoms with van der Waals surface area (Å²) in [5.74, 6) is 1.43. The molecule has 3 rings (SSSR count). The molecule has 1 amide bonds. The minimum atomic E-state index is -3.20. The normalized spacial score (nSPS) is 16.7. The molecule has 10 heteroatoms. The third-order valence-electron chi connectivity index (χ3n) is 4.27. The highest BCUT2D eigenvalue weighted by atomic mass is 32.2. The van der Waals surface area contributed by atoms with Gasteiger partial charge >= 0.3 is 0 Å². The van der Waals surface area contributed by atoms with Gasteiger partial charge < -0.3 is 5.32 Å². The summed E-state index contributed by atoms with van der Waals surface area (Å²) in [6, 6.07) is 1.68. The van der Waals surface area contributed by atoms with Crippen molar-refractivity contribution in [2.24, 2.45) is 5.92 Å². The number of hydrogen-bond acceptors (Lipinski definition) is 6. The molecule has 2 aromatic rings. The minimum absolute atomic E-state index is 0.153. The van der Waals surface area contributed by atoms with E-state index in [0.29, 0.717) is 37.6 Å². The first-order valence-corrected chi connectivity index (χ1v) is 9.78. The summed E-state index contributed by atoms with van der Waals surface area (Å²) in [6.45, 7) is 2.58. The second-order valence-corrected chi connectivity index (χ2v) is 8.01. The predicted octanol–water partition coefficient (Wildman–Crippen LogP) is 0.581. The Kier molecular flexibility index (Phi) is 4.82. The van der Waals surface area contributed by atoms with Crippen LogP contribution in [0, 0.1) is 12.8 Å². The highest BCUT2D eigenvalue weighted by Crippen LogP contribution is 2.21. The summed E-state index contributed by atoms with van der Waals surface area (Å²) >= 11 is 0. The van der Waals surface area contributed by atoms with E-state index < -0.39 is 10.0 Å². The van der Waals surface area contributed by atoms with Gasteiger partial charge in [-0.05, 0) is 19.8 Å². The lowest BCUT2D eigenvalue weighted by atomic mass is 9.97. The van der Waals surface area contributed by atoms with Gasteiger partial charge in [-0.3, -0.25) is 9.36 Å². The molecule has 0 aliphatic carbocycles. The Morgan fingerprint density at radius 1 is 1.24 bits per heavy atom. The van der Waals surface area contributed by atoms with Gasteiger partial charge in [-0.1, -0.05) is 0 Å². The molecule has 0 unspecified atom stereocenters. The van der Waals surface area contributed by atoms with E-state index in [9.17, 15) is 13.2 Å². The molecular weight excluding hydrogens is 344 g/mol. The molecule has 1 fully saturated rings. The number of hydrogen-bond donors (Lipinski definition) is 1. The van der Waals surface area contributed by atoms with E-state index in [1.54, 1.807) is 23.0 Å². The van der Waals surface area contributed by atoms with Crippen LogP contribution in [0.2, 0.25) is 0 Å². The van der Waals surface area contributed by atoms with Gasteiger partial charge in [0.25, 0.3) is 0 Å². The van der Waals surface area contributed by atoms with Crippen LogP contribution in [-0.4, -0.2) is 57.5 Å². The maximum absolute atomic E-state index is 12.4. The van der Waals surface area contributed by atoms with Gasteiger partial charge in [0.15, 0.2) is 0 Å². The number of amides is 1. The molecule has 9 nitrogen and oxygen atoms in total. The van der Waals surface area contributed by atoms with Crippen molar-refractivity contribution in [1.82, 2.24) is 23.8 Å². The number of piperidine rings is 1. The first kappa shape index (κ1) is 17.5. The summed E-state index contributed by atoms with van der Waals surface area (Å²) in [7, 11) is -3.20. The third-order valence-corrected chi connectivity index (χ3v) is 5.57. The van der Waals surface area contributed by atoms with E-state index in [1.807, 2.05) is 6.92 Å². The van der Waals surface area contributed by atoms with Crippen molar-refractivity contribution in [3.8, 4) is 5.82 Å². The molecule has 1 aliphatic heterocycles. The van der Waals surface area contributed by atoms with Crippen LogP contribution in [0.4, 0.5) is 5.82 Å². The molecular formula is C15H20N6O3S. The van der Waals surface area contributed by atoms with E-state index in [2.05, 4.69) is 20.3 Å². The topological polar surface area (TPSA) is 110 Å². The number of imidazole rings is 1. The molecule has 3 heterocycles. The molecule has 0 radical (unpaired) electrons. The number of anilines is 1. The van der Waals surface area contributed by atoms with Gasteiger partial charge in [0.1, 0.15) is 23.8 Å². The molecule has 2 aromatic heterocycles. The fourth-order valence-electron chi connectivity index (χ4n) is 2.85. The van der Waals surface area contributed by atoms with Crippen LogP contribution >= 0.6 is 0 Å². The molecule has 1 aliphatic rings. The molecule has 25 heavy (non-hydrogen) atoms. The number of rotatable bonds is 4. The Bertz CT molecular complexity index is 871. The Hall–Kier alpha value is -2.33. The van der Waals surface area contributed by atoms with Crippen LogP contribution < -0.4 is 5.32 Å². The van der Waals surface area contributed by atoms with Crippen LogP contribution in [0.15, 0.2) is 24.8 Å². The Balaban J connectivity index is 1.65. The molecule has 1 saturated heterocycles. The van der Waals surface area contributed by atoms with Gasteiger partial charge in [-0.15, -0.1) is 0 Å². The number of nitrogens with zero attached hydrogens (tertiary/aromatic N) is 5. The van der Waals surface area contributed by atoms with E-state index in [4.69, 9.17) is 0 Å². The van der Waals surface area contributed by atoms with Crippen molar-refractivity contribution in [1.29, 1.82) is 0 Å². The molecule has 0 bridgehead atoms. The number of nitrogens with one attached hydrogen (secondary N) is 1. The van der Waals surface area contributed by atoms with E-state index in [-0.39, 0.29) is 11.8 Å². The van der Waals surface area contributed by atoms with Crippen molar-refractivity contribution in [3.63, 3.8) is 0 Å². The first-order chi connectivity index (χ1) is 11.8. The Morgan fingerprint density at radius 3 is 2.56 bits per heavy atom. The van der Waals surface area contributed by atoms with Crippen molar-refractivity contribution in [2.75, 3.05) is 24.7 Å². The maximum Gasteiger partial charge on any atom is 0.228 e. The molecule has 134 valence electrons. The lowest BCUT2D eigenvalue weighted by Crippen LogP contribution is -2.40. The lowest BCUT2D eigenvalue weighted by molar-refractivity contribution is -0.120. The van der Waals surface area contributed by atoms with Gasteiger partial charge in [0.2, 0.25) is 15.9 Å². The summed E-state index contributed by atoms with van der Waals surface area (Å²) in [5.41, 5.74) is 0. The van der Waals surface area contributed by atoms with Gasteiger partial charge in [-0.25, -0.2) is 27.7 Å². The minimum Gasteiger partial charge on any atom is -0.310 e. The highest BCUT2D eigenvalue weighted by molar-refractivity contribution is 7.88. The average Bonchev–Trinajstić information content (AvgIpc) is 3.00. The summed E-state index contributed by atoms with van der Waals surface area (Å²) in [4.78, 5) is 24.8. The Labute approximate surface area is 146 Å². The molecule has 0 saturated carbocycles. The molecule has 0 spiro atoms. The second-order valence-electron chi connectivity index (χ2n) is 6.03. The molecule has 1 N–H and O–H groups in total. The fourth-order valence-corrected chi connectivity index (χ4v) is 3.72. The van der Waals surface area contributed by atoms with Gasteiger partial charge in [0.05, 0.1) is 6.26 Å². The van der Waals surface area contributed by atoms with Crippen molar-refractivity contribution >= 4 is 21.7 Å². The van der Waals surface area contributed by atoms with Crippen LogP contribution in [0.5, 0.6) is 0 Å². The highest BCUT2D eigenvalue weighted by Gasteiger charge is 2.29. The zero-order valence-corrected chi connectivity index (χ0v) is 14.9. The zero-order valence-electron chi connectivity index (χ0n) is 14.1. The number of sulfonamides is 1. The van der Waals surface area contributed by atoms with E-state index >= 15 is 0 Å².